The lowest BCUT2D eigenvalue weighted by molar-refractivity contribution is -0.137. The minimum Gasteiger partial charge on any atom is -0.384 e. The minimum absolute atomic E-state index is 0.122. The summed E-state index contributed by atoms with van der Waals surface area (Å²) < 4.78 is 61.5. The molecule has 0 spiro atoms. The highest BCUT2D eigenvalue weighted by Crippen LogP contribution is 2.22. The second kappa shape index (κ2) is 5.11. The average Bonchev–Trinajstić information content (AvgIpc) is 2.13. The smallest absolute Gasteiger partial charge is 0.384 e. The molecule has 5 nitrogen and oxygen atoms in total. The molecule has 1 heterocycles. The van der Waals surface area contributed by atoms with Crippen LogP contribution >= 0.6 is 0 Å². The number of nitrogen functional groups attached to an aromatic ring is 1. The molecule has 0 saturated carbocycles. The number of aromatic nitrogens is 1. The quantitative estimate of drug-likeness (QED) is 0.871. The van der Waals surface area contributed by atoms with Crippen molar-refractivity contribution >= 4 is 15.8 Å². The summed E-state index contributed by atoms with van der Waals surface area (Å²) in [4.78, 5) is 3.33. The predicted octanol–water partition coefficient (Wildman–Crippen LogP) is 1.28. The van der Waals surface area contributed by atoms with E-state index in [2.05, 4.69) is 4.98 Å². The van der Waals surface area contributed by atoms with Gasteiger partial charge in [-0.15, -0.1) is 0 Å². The highest BCUT2D eigenvalue weighted by atomic mass is 32.2. The third-order valence-electron chi connectivity index (χ3n) is 1.96. The summed E-state index contributed by atoms with van der Waals surface area (Å²) in [5, 5.41) is 0. The lowest BCUT2D eigenvalue weighted by Crippen LogP contribution is -2.35. The van der Waals surface area contributed by atoms with Crippen molar-refractivity contribution in [2.75, 3.05) is 5.73 Å². The van der Waals surface area contributed by atoms with E-state index in [9.17, 15) is 21.6 Å². The van der Waals surface area contributed by atoms with Gasteiger partial charge in [-0.3, -0.25) is 0 Å². The van der Waals surface area contributed by atoms with Gasteiger partial charge in [0.05, 0.1) is 6.42 Å². The van der Waals surface area contributed by atoms with Gasteiger partial charge in [0.15, 0.2) is 0 Å². The van der Waals surface area contributed by atoms with Gasteiger partial charge in [0, 0.05) is 12.2 Å². The molecule has 0 fully saturated rings. The number of anilines is 1. The average molecular weight is 283 g/mol. The Morgan fingerprint density at radius 2 is 2.06 bits per heavy atom. The third kappa shape index (κ3) is 4.49. The number of sulfonamides is 1. The van der Waals surface area contributed by atoms with Crippen molar-refractivity contribution in [2.45, 2.75) is 30.5 Å². The van der Waals surface area contributed by atoms with E-state index in [0.717, 1.165) is 13.1 Å². The molecule has 1 aromatic heterocycles. The summed E-state index contributed by atoms with van der Waals surface area (Å²) in [6, 6.07) is 1.17. The lowest BCUT2D eigenvalue weighted by atomic mass is 10.2. The van der Waals surface area contributed by atoms with Crippen LogP contribution in [0.4, 0.5) is 19.0 Å². The molecule has 1 rings (SSSR count). The largest absolute Gasteiger partial charge is 0.390 e. The number of nitrogens with two attached hydrogens (primary N) is 1. The van der Waals surface area contributed by atoms with E-state index in [0.29, 0.717) is 0 Å². The molecular formula is C9H12F3N3O2S. The molecule has 18 heavy (non-hydrogen) atoms. The van der Waals surface area contributed by atoms with E-state index in [1.54, 1.807) is 0 Å². The number of rotatable bonds is 4. The monoisotopic (exact) mass is 283 g/mol. The summed E-state index contributed by atoms with van der Waals surface area (Å²) in [5.74, 6) is 0.122. The number of hydrogen-bond donors (Lipinski definition) is 2. The zero-order chi connectivity index (χ0) is 14.0. The van der Waals surface area contributed by atoms with Gasteiger partial charge in [0.2, 0.25) is 10.0 Å². The molecular weight excluding hydrogens is 271 g/mol. The van der Waals surface area contributed by atoms with Crippen LogP contribution in [-0.2, 0) is 10.0 Å². The van der Waals surface area contributed by atoms with Crippen LogP contribution in [0.1, 0.15) is 13.3 Å². The maximum Gasteiger partial charge on any atom is 0.390 e. The van der Waals surface area contributed by atoms with E-state index in [1.807, 2.05) is 4.72 Å². The zero-order valence-electron chi connectivity index (χ0n) is 9.40. The van der Waals surface area contributed by atoms with Gasteiger partial charge in [-0.2, -0.15) is 13.2 Å². The van der Waals surface area contributed by atoms with Crippen LogP contribution in [0.3, 0.4) is 0 Å². The normalized spacial score (nSPS) is 14.4. The SMILES string of the molecule is CC(CC(F)(F)F)NS(=O)(=O)c1ccc(N)nc1. The van der Waals surface area contributed by atoms with Crippen molar-refractivity contribution in [3.05, 3.63) is 18.3 Å². The molecule has 9 heteroatoms. The summed E-state index contributed by atoms with van der Waals surface area (Å²) in [6.07, 6.45) is -4.69. The molecule has 0 aliphatic heterocycles. The first-order valence-corrected chi connectivity index (χ1v) is 6.39. The fraction of sp³-hybridized carbons (Fsp3) is 0.444. The number of pyridine rings is 1. The van der Waals surface area contributed by atoms with Gasteiger partial charge in [0.25, 0.3) is 0 Å². The van der Waals surface area contributed by atoms with E-state index in [1.165, 1.54) is 12.1 Å². The highest BCUT2D eigenvalue weighted by molar-refractivity contribution is 7.89. The second-order valence-electron chi connectivity index (χ2n) is 3.76. The topological polar surface area (TPSA) is 85.1 Å². The molecule has 0 aliphatic carbocycles. The predicted molar refractivity (Wildman–Crippen MR) is 59.1 cm³/mol. The van der Waals surface area contributed by atoms with E-state index in [-0.39, 0.29) is 10.7 Å². The Kier molecular flexibility index (Phi) is 4.17. The molecule has 0 saturated heterocycles. The molecule has 1 unspecified atom stereocenters. The maximum atomic E-state index is 12.1. The second-order valence-corrected chi connectivity index (χ2v) is 5.47. The van der Waals surface area contributed by atoms with Crippen LogP contribution in [0.25, 0.3) is 0 Å². The molecule has 102 valence electrons. The first kappa shape index (κ1) is 14.7. The standard InChI is InChI=1S/C9H12F3N3O2S/c1-6(4-9(10,11)12)15-18(16,17)7-2-3-8(13)14-5-7/h2-3,5-6,15H,4H2,1H3,(H2,13,14). The molecule has 0 aromatic carbocycles. The number of nitrogens with one attached hydrogen (secondary N) is 1. The van der Waals surface area contributed by atoms with Gasteiger partial charge in [-0.25, -0.2) is 18.1 Å². The number of nitrogens with zero attached hydrogens (tertiary/aromatic N) is 1. The van der Waals surface area contributed by atoms with Gasteiger partial charge < -0.3 is 5.73 Å². The summed E-state index contributed by atoms with van der Waals surface area (Å²) in [5.41, 5.74) is 5.28. The number of alkyl halides is 3. The Balaban J connectivity index is 2.79. The summed E-state index contributed by atoms with van der Waals surface area (Å²) >= 11 is 0. The van der Waals surface area contributed by atoms with Gasteiger partial charge in [-0.1, -0.05) is 0 Å². The molecule has 0 amide bonds. The fourth-order valence-electron chi connectivity index (χ4n) is 1.27. The van der Waals surface area contributed by atoms with Gasteiger partial charge in [-0.05, 0) is 19.1 Å². The molecule has 3 N–H and O–H groups in total. The molecule has 0 aliphatic rings. The Hall–Kier alpha value is -1.35. The molecule has 0 radical (unpaired) electrons. The van der Waals surface area contributed by atoms with E-state index >= 15 is 0 Å². The van der Waals surface area contributed by atoms with Crippen LogP contribution in [-0.4, -0.2) is 25.6 Å². The van der Waals surface area contributed by atoms with Crippen molar-refractivity contribution in [1.82, 2.24) is 9.71 Å². The molecule has 0 bridgehead atoms. The first-order chi connectivity index (χ1) is 8.10. The highest BCUT2D eigenvalue weighted by Gasteiger charge is 2.32. The van der Waals surface area contributed by atoms with Crippen LogP contribution in [0.15, 0.2) is 23.2 Å². The Morgan fingerprint density at radius 3 is 2.50 bits per heavy atom. The zero-order valence-corrected chi connectivity index (χ0v) is 10.2. The Labute approximate surface area is 102 Å². The van der Waals surface area contributed by atoms with Crippen molar-refractivity contribution < 1.29 is 21.6 Å². The van der Waals surface area contributed by atoms with Crippen molar-refractivity contribution in [3.8, 4) is 0 Å². The maximum absolute atomic E-state index is 12.1. The Morgan fingerprint density at radius 1 is 1.44 bits per heavy atom. The fourth-order valence-corrected chi connectivity index (χ4v) is 2.46. The lowest BCUT2D eigenvalue weighted by Gasteiger charge is -2.15. The van der Waals surface area contributed by atoms with Crippen LogP contribution < -0.4 is 10.5 Å². The molecule has 1 aromatic rings. The van der Waals surface area contributed by atoms with Crippen LogP contribution in [0.5, 0.6) is 0 Å². The third-order valence-corrected chi connectivity index (χ3v) is 3.54. The van der Waals surface area contributed by atoms with Crippen molar-refractivity contribution in [2.24, 2.45) is 0 Å². The van der Waals surface area contributed by atoms with Crippen molar-refractivity contribution in [1.29, 1.82) is 0 Å². The minimum atomic E-state index is -4.43. The summed E-state index contributed by atoms with van der Waals surface area (Å²) in [6.45, 7) is 1.13. The van der Waals surface area contributed by atoms with Crippen LogP contribution in [0.2, 0.25) is 0 Å². The van der Waals surface area contributed by atoms with E-state index in [4.69, 9.17) is 5.73 Å². The molecule has 1 atom stereocenters. The number of halogens is 3. The van der Waals surface area contributed by atoms with Crippen molar-refractivity contribution in [3.63, 3.8) is 0 Å². The summed E-state index contributed by atoms with van der Waals surface area (Å²) in [7, 11) is -4.02. The number of hydrogen-bond acceptors (Lipinski definition) is 4. The van der Waals surface area contributed by atoms with E-state index < -0.39 is 28.7 Å². The Bertz CT molecular complexity index is 499. The van der Waals surface area contributed by atoms with Gasteiger partial charge >= 0.3 is 6.18 Å². The first-order valence-electron chi connectivity index (χ1n) is 4.91. The van der Waals surface area contributed by atoms with Crippen LogP contribution in [0, 0.1) is 0 Å². The van der Waals surface area contributed by atoms with Gasteiger partial charge in [0.1, 0.15) is 10.7 Å².